The number of hydrogen-bond acceptors (Lipinski definition) is 7. The smallest absolute Gasteiger partial charge is 0.254 e. The van der Waals surface area contributed by atoms with Crippen molar-refractivity contribution in [3.63, 3.8) is 0 Å². The van der Waals surface area contributed by atoms with Crippen LogP contribution in [0.2, 0.25) is 0 Å². The summed E-state index contributed by atoms with van der Waals surface area (Å²) in [6.07, 6.45) is -0.491. The van der Waals surface area contributed by atoms with Gasteiger partial charge >= 0.3 is 0 Å². The molecule has 0 aromatic heterocycles. The lowest BCUT2D eigenvalue weighted by Crippen LogP contribution is -2.51. The zero-order valence-corrected chi connectivity index (χ0v) is 20.6. The predicted molar refractivity (Wildman–Crippen MR) is 124 cm³/mol. The first-order valence-corrected chi connectivity index (χ1v) is 11.3. The maximum Gasteiger partial charge on any atom is 0.254 e. The molecule has 1 saturated heterocycles. The molecule has 8 nitrogen and oxygen atoms in total. The van der Waals surface area contributed by atoms with Crippen LogP contribution in [0.15, 0.2) is 12.1 Å². The third-order valence-corrected chi connectivity index (χ3v) is 5.65. The average molecular weight is 453 g/mol. The lowest BCUT2D eigenvalue weighted by molar-refractivity contribution is -0.0547. The Morgan fingerprint density at radius 3 is 2.28 bits per heavy atom. The molecule has 32 heavy (non-hydrogen) atoms. The van der Waals surface area contributed by atoms with Gasteiger partial charge in [0.25, 0.3) is 5.91 Å². The van der Waals surface area contributed by atoms with Gasteiger partial charge in [-0.15, -0.1) is 0 Å². The molecule has 1 amide bonds. The van der Waals surface area contributed by atoms with Gasteiger partial charge in [-0.3, -0.25) is 9.69 Å². The van der Waals surface area contributed by atoms with Crippen LogP contribution in [0.1, 0.15) is 38.1 Å². The maximum atomic E-state index is 13.5. The van der Waals surface area contributed by atoms with E-state index in [0.29, 0.717) is 61.5 Å². The van der Waals surface area contributed by atoms with Gasteiger partial charge in [0.2, 0.25) is 5.75 Å². The first kappa shape index (κ1) is 26.2. The Balaban J connectivity index is 2.20. The topological polar surface area (TPSA) is 80.7 Å². The van der Waals surface area contributed by atoms with Crippen LogP contribution in [-0.2, 0) is 4.74 Å². The first-order valence-electron chi connectivity index (χ1n) is 11.3. The molecule has 1 aliphatic heterocycles. The van der Waals surface area contributed by atoms with Crippen LogP contribution in [0.3, 0.4) is 0 Å². The number of benzene rings is 1. The molecule has 2 atom stereocenters. The molecule has 1 N–H and O–H groups in total. The second kappa shape index (κ2) is 12.3. The van der Waals surface area contributed by atoms with E-state index in [0.717, 1.165) is 6.54 Å². The summed E-state index contributed by atoms with van der Waals surface area (Å²) in [4.78, 5) is 17.6. The van der Waals surface area contributed by atoms with Crippen LogP contribution in [0.4, 0.5) is 0 Å². The molecule has 2 rings (SSSR count). The van der Waals surface area contributed by atoms with Crippen LogP contribution in [0, 0.1) is 11.8 Å². The molecule has 0 spiro atoms. The Bertz CT molecular complexity index is 714. The molecule has 1 aromatic rings. The minimum absolute atomic E-state index is 0.110. The molecule has 1 aromatic carbocycles. The number of nitrogens with zero attached hydrogens (tertiary/aromatic N) is 2. The SMILES string of the molecule is COc1cc(C(=O)N(CC(C)C)C[C@H]2CN(C[C@@H](O)C(C)C)CCO2)cc(OC)c1OC. The Morgan fingerprint density at radius 1 is 1.16 bits per heavy atom. The lowest BCUT2D eigenvalue weighted by atomic mass is 10.1. The quantitative estimate of drug-likeness (QED) is 0.553. The van der Waals surface area contributed by atoms with E-state index in [-0.39, 0.29) is 24.0 Å². The standard InChI is InChI=1S/C24H40N2O6/c1-16(2)12-26(14-19-13-25(8-9-32-19)15-20(27)17(3)4)24(28)18-10-21(29-5)23(31-7)22(11-18)30-6/h10-11,16-17,19-20,27H,8-9,12-15H2,1-7H3/t19-,20-/m1/s1. The van der Waals surface area contributed by atoms with Crippen molar-refractivity contribution in [1.82, 2.24) is 9.80 Å². The summed E-state index contributed by atoms with van der Waals surface area (Å²) in [5.74, 6) is 1.74. The number of aliphatic hydroxyl groups is 1. The van der Waals surface area contributed by atoms with E-state index >= 15 is 0 Å². The van der Waals surface area contributed by atoms with Gasteiger partial charge < -0.3 is 29.0 Å². The van der Waals surface area contributed by atoms with Gasteiger partial charge in [-0.2, -0.15) is 0 Å². The van der Waals surface area contributed by atoms with Gasteiger partial charge in [0.15, 0.2) is 11.5 Å². The molecule has 1 fully saturated rings. The zero-order valence-electron chi connectivity index (χ0n) is 20.6. The van der Waals surface area contributed by atoms with E-state index in [1.54, 1.807) is 12.1 Å². The van der Waals surface area contributed by atoms with Crippen molar-refractivity contribution >= 4 is 5.91 Å². The summed E-state index contributed by atoms with van der Waals surface area (Å²) >= 11 is 0. The molecule has 0 bridgehead atoms. The van der Waals surface area contributed by atoms with Crippen molar-refractivity contribution in [2.24, 2.45) is 11.8 Å². The third-order valence-electron chi connectivity index (χ3n) is 5.65. The summed E-state index contributed by atoms with van der Waals surface area (Å²) < 4.78 is 22.2. The minimum Gasteiger partial charge on any atom is -0.493 e. The molecule has 0 unspecified atom stereocenters. The molecule has 0 aliphatic carbocycles. The van der Waals surface area contributed by atoms with Crippen LogP contribution in [-0.4, -0.2) is 93.7 Å². The van der Waals surface area contributed by atoms with Gasteiger partial charge in [0, 0.05) is 38.3 Å². The molecule has 0 radical (unpaired) electrons. The number of amides is 1. The summed E-state index contributed by atoms with van der Waals surface area (Å²) in [6.45, 7) is 11.9. The summed E-state index contributed by atoms with van der Waals surface area (Å²) in [5.41, 5.74) is 0.475. The number of aliphatic hydroxyl groups excluding tert-OH is 1. The molecule has 182 valence electrons. The summed E-state index contributed by atoms with van der Waals surface area (Å²) in [7, 11) is 4.61. The van der Waals surface area contributed by atoms with Gasteiger partial charge in [-0.25, -0.2) is 0 Å². The van der Waals surface area contributed by atoms with Crippen molar-refractivity contribution in [3.8, 4) is 17.2 Å². The monoisotopic (exact) mass is 452 g/mol. The molecular weight excluding hydrogens is 412 g/mol. The lowest BCUT2D eigenvalue weighted by Gasteiger charge is -2.37. The number of carbonyl (C=O) groups is 1. The second-order valence-corrected chi connectivity index (χ2v) is 9.08. The van der Waals surface area contributed by atoms with Gasteiger partial charge in [-0.1, -0.05) is 27.7 Å². The molecule has 0 saturated carbocycles. The summed E-state index contributed by atoms with van der Waals surface area (Å²) in [6, 6.07) is 3.37. The van der Waals surface area contributed by atoms with Crippen molar-refractivity contribution in [2.75, 3.05) is 60.7 Å². The number of ether oxygens (including phenoxy) is 4. The molecular formula is C24H40N2O6. The molecule has 8 heteroatoms. The number of hydrogen-bond donors (Lipinski definition) is 1. The third kappa shape index (κ3) is 6.98. The minimum atomic E-state index is -0.374. The van der Waals surface area contributed by atoms with E-state index in [1.807, 2.05) is 18.7 Å². The number of methoxy groups -OCH3 is 3. The molecule has 1 aliphatic rings. The Morgan fingerprint density at radius 2 is 1.78 bits per heavy atom. The van der Waals surface area contributed by atoms with Crippen LogP contribution in [0.25, 0.3) is 0 Å². The highest BCUT2D eigenvalue weighted by molar-refractivity contribution is 5.95. The van der Waals surface area contributed by atoms with E-state index in [9.17, 15) is 9.90 Å². The van der Waals surface area contributed by atoms with Crippen LogP contribution in [0.5, 0.6) is 17.2 Å². The van der Waals surface area contributed by atoms with E-state index in [1.165, 1.54) is 21.3 Å². The predicted octanol–water partition coefficient (Wildman–Crippen LogP) is 2.53. The molecule has 1 heterocycles. The number of morpholine rings is 1. The maximum absolute atomic E-state index is 13.5. The van der Waals surface area contributed by atoms with E-state index in [4.69, 9.17) is 18.9 Å². The Kier molecular flexibility index (Phi) is 10.1. The zero-order chi connectivity index (χ0) is 23.8. The highest BCUT2D eigenvalue weighted by atomic mass is 16.5. The van der Waals surface area contributed by atoms with Crippen LogP contribution < -0.4 is 14.2 Å². The van der Waals surface area contributed by atoms with E-state index < -0.39 is 0 Å². The highest BCUT2D eigenvalue weighted by Gasteiger charge is 2.28. The van der Waals surface area contributed by atoms with Crippen molar-refractivity contribution < 1.29 is 28.8 Å². The average Bonchev–Trinajstić information content (AvgIpc) is 2.76. The highest BCUT2D eigenvalue weighted by Crippen LogP contribution is 2.38. The van der Waals surface area contributed by atoms with Crippen molar-refractivity contribution in [1.29, 1.82) is 0 Å². The van der Waals surface area contributed by atoms with Gasteiger partial charge in [0.1, 0.15) is 0 Å². The van der Waals surface area contributed by atoms with Gasteiger partial charge in [-0.05, 0) is 24.0 Å². The Hall–Kier alpha value is -2.03. The fourth-order valence-corrected chi connectivity index (χ4v) is 3.85. The summed E-state index contributed by atoms with van der Waals surface area (Å²) in [5, 5.41) is 10.3. The number of β-amino-alcohol motifs (C(OH)–C–C–N with tert-alkyl or cyclic N) is 1. The van der Waals surface area contributed by atoms with Crippen molar-refractivity contribution in [3.05, 3.63) is 17.7 Å². The largest absolute Gasteiger partial charge is 0.493 e. The number of rotatable bonds is 11. The van der Waals surface area contributed by atoms with Crippen LogP contribution >= 0.6 is 0 Å². The second-order valence-electron chi connectivity index (χ2n) is 9.08. The number of carbonyl (C=O) groups excluding carboxylic acids is 1. The van der Waals surface area contributed by atoms with E-state index in [2.05, 4.69) is 18.7 Å². The Labute approximate surface area is 192 Å². The fraction of sp³-hybridized carbons (Fsp3) is 0.708. The fourth-order valence-electron chi connectivity index (χ4n) is 3.85. The van der Waals surface area contributed by atoms with Gasteiger partial charge in [0.05, 0.1) is 40.1 Å². The van der Waals surface area contributed by atoms with Crippen molar-refractivity contribution in [2.45, 2.75) is 39.9 Å². The normalized spacial score (nSPS) is 18.0. The first-order chi connectivity index (χ1) is 15.2.